The maximum Gasteiger partial charge on any atom is 0.101 e. The summed E-state index contributed by atoms with van der Waals surface area (Å²) in [5.74, 6) is 0. The lowest BCUT2D eigenvalue weighted by Crippen LogP contribution is -2.25. The Bertz CT molecular complexity index is 314. The number of likely N-dealkylation sites (N-methyl/N-ethyl adjacent to an activating group) is 1. The van der Waals surface area contributed by atoms with Crippen LogP contribution < -0.4 is 10.6 Å². The largest absolute Gasteiger partial charge is 0.372 e. The minimum Gasteiger partial charge on any atom is -0.372 e. The van der Waals surface area contributed by atoms with Crippen molar-refractivity contribution in [1.82, 2.24) is 0 Å². The summed E-state index contributed by atoms with van der Waals surface area (Å²) in [5, 5.41) is 8.83. The average Bonchev–Trinajstić information content (AvgIpc) is 2.18. The fourth-order valence-corrected chi connectivity index (χ4v) is 1.22. The SMILES string of the molecule is CN(CCN)c1ccccc1C#N. The van der Waals surface area contributed by atoms with Crippen molar-refractivity contribution >= 4 is 5.69 Å². The normalized spacial score (nSPS) is 9.31. The van der Waals surface area contributed by atoms with Crippen LogP contribution in [0.4, 0.5) is 5.69 Å². The van der Waals surface area contributed by atoms with Gasteiger partial charge in [-0.1, -0.05) is 12.1 Å². The van der Waals surface area contributed by atoms with Crippen LogP contribution >= 0.6 is 0 Å². The van der Waals surface area contributed by atoms with Gasteiger partial charge in [0, 0.05) is 20.1 Å². The molecule has 3 heteroatoms. The number of para-hydroxylation sites is 1. The first-order chi connectivity index (χ1) is 6.29. The van der Waals surface area contributed by atoms with Crippen LogP contribution in [0.5, 0.6) is 0 Å². The molecule has 3 nitrogen and oxygen atoms in total. The van der Waals surface area contributed by atoms with E-state index in [1.807, 2.05) is 36.2 Å². The summed E-state index contributed by atoms with van der Waals surface area (Å²) in [7, 11) is 1.93. The third-order valence-electron chi connectivity index (χ3n) is 1.90. The zero-order chi connectivity index (χ0) is 9.68. The topological polar surface area (TPSA) is 53.0 Å². The number of hydrogen-bond acceptors (Lipinski definition) is 3. The van der Waals surface area contributed by atoms with E-state index in [0.717, 1.165) is 12.2 Å². The van der Waals surface area contributed by atoms with Crippen LogP contribution in [-0.4, -0.2) is 20.1 Å². The highest BCUT2D eigenvalue weighted by Gasteiger charge is 2.04. The zero-order valence-corrected chi connectivity index (χ0v) is 7.70. The van der Waals surface area contributed by atoms with Crippen molar-refractivity contribution in [1.29, 1.82) is 5.26 Å². The molecule has 1 aromatic carbocycles. The Morgan fingerprint density at radius 2 is 2.15 bits per heavy atom. The summed E-state index contributed by atoms with van der Waals surface area (Å²) in [6.07, 6.45) is 0. The summed E-state index contributed by atoms with van der Waals surface area (Å²) in [6, 6.07) is 9.66. The summed E-state index contributed by atoms with van der Waals surface area (Å²) >= 11 is 0. The van der Waals surface area contributed by atoms with Crippen molar-refractivity contribution in [3.63, 3.8) is 0 Å². The molecular formula is C10H13N3. The van der Waals surface area contributed by atoms with Crippen molar-refractivity contribution in [3.8, 4) is 6.07 Å². The average molecular weight is 175 g/mol. The second-order valence-corrected chi connectivity index (χ2v) is 2.84. The Kier molecular flexibility index (Phi) is 3.30. The van der Waals surface area contributed by atoms with Crippen LogP contribution in [0.3, 0.4) is 0 Å². The molecule has 0 heterocycles. The van der Waals surface area contributed by atoms with E-state index in [1.165, 1.54) is 0 Å². The second-order valence-electron chi connectivity index (χ2n) is 2.84. The number of nitrogens with zero attached hydrogens (tertiary/aromatic N) is 2. The highest BCUT2D eigenvalue weighted by atomic mass is 15.1. The number of rotatable bonds is 3. The minimum absolute atomic E-state index is 0.594. The van der Waals surface area contributed by atoms with E-state index in [2.05, 4.69) is 6.07 Å². The van der Waals surface area contributed by atoms with Gasteiger partial charge >= 0.3 is 0 Å². The molecule has 1 aromatic rings. The predicted molar refractivity (Wildman–Crippen MR) is 53.5 cm³/mol. The third kappa shape index (κ3) is 2.20. The van der Waals surface area contributed by atoms with Crippen LogP contribution in [0.1, 0.15) is 5.56 Å². The number of nitrogens with two attached hydrogens (primary N) is 1. The summed E-state index contributed by atoms with van der Waals surface area (Å²) < 4.78 is 0. The molecule has 2 N–H and O–H groups in total. The molecule has 1 rings (SSSR count). The molecule has 0 aliphatic heterocycles. The van der Waals surface area contributed by atoms with Crippen molar-refractivity contribution in [2.75, 3.05) is 25.0 Å². The van der Waals surface area contributed by atoms with E-state index in [-0.39, 0.29) is 0 Å². The fourth-order valence-electron chi connectivity index (χ4n) is 1.22. The van der Waals surface area contributed by atoms with E-state index < -0.39 is 0 Å². The van der Waals surface area contributed by atoms with E-state index in [0.29, 0.717) is 12.1 Å². The van der Waals surface area contributed by atoms with Gasteiger partial charge in [0.2, 0.25) is 0 Å². The molecule has 0 saturated heterocycles. The highest BCUT2D eigenvalue weighted by molar-refractivity contribution is 5.58. The molecule has 13 heavy (non-hydrogen) atoms. The lowest BCUT2D eigenvalue weighted by Gasteiger charge is -2.18. The Balaban J connectivity index is 2.93. The monoisotopic (exact) mass is 175 g/mol. The van der Waals surface area contributed by atoms with Gasteiger partial charge in [-0.05, 0) is 12.1 Å². The first-order valence-electron chi connectivity index (χ1n) is 4.20. The maximum atomic E-state index is 8.83. The number of hydrogen-bond donors (Lipinski definition) is 1. The summed E-state index contributed by atoms with van der Waals surface area (Å²) in [5.41, 5.74) is 7.07. The van der Waals surface area contributed by atoms with Crippen molar-refractivity contribution < 1.29 is 0 Å². The van der Waals surface area contributed by atoms with Crippen LogP contribution in [-0.2, 0) is 0 Å². The van der Waals surface area contributed by atoms with Gasteiger partial charge in [0.15, 0.2) is 0 Å². The van der Waals surface area contributed by atoms with Crippen molar-refractivity contribution in [2.24, 2.45) is 5.73 Å². The number of benzene rings is 1. The minimum atomic E-state index is 0.594. The first kappa shape index (κ1) is 9.56. The highest BCUT2D eigenvalue weighted by Crippen LogP contribution is 2.17. The first-order valence-corrected chi connectivity index (χ1v) is 4.20. The van der Waals surface area contributed by atoms with E-state index in [1.54, 1.807) is 0 Å². The molecule has 0 fully saturated rings. The van der Waals surface area contributed by atoms with Crippen molar-refractivity contribution in [2.45, 2.75) is 0 Å². The molecular weight excluding hydrogens is 162 g/mol. The molecule has 0 spiro atoms. The quantitative estimate of drug-likeness (QED) is 0.744. The standard InChI is InChI=1S/C10H13N3/c1-13(7-6-11)10-5-3-2-4-9(10)8-12/h2-5H,6-7,11H2,1H3. The van der Waals surface area contributed by atoms with Crippen LogP contribution in [0, 0.1) is 11.3 Å². The Morgan fingerprint density at radius 1 is 1.46 bits per heavy atom. The van der Waals surface area contributed by atoms with Gasteiger partial charge in [-0.15, -0.1) is 0 Å². The van der Waals surface area contributed by atoms with Gasteiger partial charge in [-0.25, -0.2) is 0 Å². The molecule has 0 unspecified atom stereocenters. The molecule has 0 aliphatic carbocycles. The molecule has 0 radical (unpaired) electrons. The van der Waals surface area contributed by atoms with Crippen LogP contribution in [0.15, 0.2) is 24.3 Å². The number of anilines is 1. The van der Waals surface area contributed by atoms with Gasteiger partial charge in [0.25, 0.3) is 0 Å². The van der Waals surface area contributed by atoms with Gasteiger partial charge < -0.3 is 10.6 Å². The molecule has 0 aromatic heterocycles. The molecule has 0 atom stereocenters. The van der Waals surface area contributed by atoms with E-state index >= 15 is 0 Å². The molecule has 0 amide bonds. The lowest BCUT2D eigenvalue weighted by atomic mass is 10.2. The molecule has 0 aliphatic rings. The Morgan fingerprint density at radius 3 is 2.77 bits per heavy atom. The predicted octanol–water partition coefficient (Wildman–Crippen LogP) is 0.953. The lowest BCUT2D eigenvalue weighted by molar-refractivity contribution is 0.884. The Labute approximate surface area is 78.4 Å². The van der Waals surface area contributed by atoms with Crippen LogP contribution in [0.25, 0.3) is 0 Å². The van der Waals surface area contributed by atoms with E-state index in [4.69, 9.17) is 11.0 Å². The Hall–Kier alpha value is -1.53. The number of nitriles is 1. The van der Waals surface area contributed by atoms with Gasteiger partial charge in [0.05, 0.1) is 11.3 Å². The second kappa shape index (κ2) is 4.48. The fraction of sp³-hybridized carbons (Fsp3) is 0.300. The maximum absolute atomic E-state index is 8.83. The molecule has 68 valence electrons. The van der Waals surface area contributed by atoms with Crippen LogP contribution in [0.2, 0.25) is 0 Å². The summed E-state index contributed by atoms with van der Waals surface area (Å²) in [4.78, 5) is 1.98. The zero-order valence-electron chi connectivity index (χ0n) is 7.70. The van der Waals surface area contributed by atoms with Crippen molar-refractivity contribution in [3.05, 3.63) is 29.8 Å². The molecule has 0 bridgehead atoms. The smallest absolute Gasteiger partial charge is 0.101 e. The van der Waals surface area contributed by atoms with Gasteiger partial charge in [-0.2, -0.15) is 5.26 Å². The van der Waals surface area contributed by atoms with Gasteiger partial charge in [0.1, 0.15) is 6.07 Å². The third-order valence-corrected chi connectivity index (χ3v) is 1.90. The molecule has 0 saturated carbocycles. The van der Waals surface area contributed by atoms with Gasteiger partial charge in [-0.3, -0.25) is 0 Å². The van der Waals surface area contributed by atoms with E-state index in [9.17, 15) is 0 Å². The summed E-state index contributed by atoms with van der Waals surface area (Å²) in [6.45, 7) is 1.36.